The van der Waals surface area contributed by atoms with Crippen LogP contribution >= 0.6 is 27.3 Å². The number of hydrogen-bond acceptors (Lipinski definition) is 5. The van der Waals surface area contributed by atoms with Crippen molar-refractivity contribution in [2.45, 2.75) is 25.9 Å². The molecule has 0 aliphatic heterocycles. The fraction of sp³-hybridized carbons (Fsp3) is 0.235. The van der Waals surface area contributed by atoms with E-state index in [1.807, 2.05) is 6.07 Å². The molecule has 2 rings (SSSR count). The lowest BCUT2D eigenvalue weighted by Gasteiger charge is -2.15. The molecule has 2 amide bonds. The number of amides is 2. The van der Waals surface area contributed by atoms with Crippen LogP contribution in [-0.2, 0) is 9.59 Å². The molecular weight excluding hydrogens is 408 g/mol. The van der Waals surface area contributed by atoms with Crippen LogP contribution in [0.25, 0.3) is 0 Å². The fourth-order valence-electron chi connectivity index (χ4n) is 1.88. The summed E-state index contributed by atoms with van der Waals surface area (Å²) in [6.45, 7) is 1.57. The molecule has 8 heteroatoms. The van der Waals surface area contributed by atoms with Gasteiger partial charge in [0, 0.05) is 17.3 Å². The molecule has 6 nitrogen and oxygen atoms in total. The minimum absolute atomic E-state index is 0.00210. The summed E-state index contributed by atoms with van der Waals surface area (Å²) in [5, 5.41) is 1.81. The van der Waals surface area contributed by atoms with Gasteiger partial charge in [-0.25, -0.2) is 0 Å². The molecule has 1 unspecified atom stereocenters. The first-order chi connectivity index (χ1) is 12.0. The molecule has 0 radical (unpaired) electrons. The van der Waals surface area contributed by atoms with Crippen molar-refractivity contribution in [2.24, 2.45) is 0 Å². The third kappa shape index (κ3) is 6.32. The average Bonchev–Trinajstić information content (AvgIpc) is 3.12. The van der Waals surface area contributed by atoms with Crippen molar-refractivity contribution in [3.8, 4) is 5.75 Å². The summed E-state index contributed by atoms with van der Waals surface area (Å²) in [5.74, 6) is -0.487. The molecule has 25 heavy (non-hydrogen) atoms. The van der Waals surface area contributed by atoms with Gasteiger partial charge < -0.3 is 4.74 Å². The van der Waals surface area contributed by atoms with E-state index < -0.39 is 17.9 Å². The van der Waals surface area contributed by atoms with Crippen LogP contribution in [0.2, 0.25) is 0 Å². The van der Waals surface area contributed by atoms with E-state index in [-0.39, 0.29) is 18.6 Å². The van der Waals surface area contributed by atoms with Gasteiger partial charge in [0.25, 0.3) is 5.91 Å². The van der Waals surface area contributed by atoms with Gasteiger partial charge in [-0.3, -0.25) is 25.2 Å². The summed E-state index contributed by atoms with van der Waals surface area (Å²) < 4.78 is 6.32. The van der Waals surface area contributed by atoms with Gasteiger partial charge in [0.15, 0.2) is 11.9 Å². The Morgan fingerprint density at radius 2 is 1.96 bits per heavy atom. The number of carbonyl (C=O) groups excluding carboxylic acids is 3. The topological polar surface area (TPSA) is 84.5 Å². The number of ether oxygens (including phenoxy) is 1. The molecule has 132 valence electrons. The highest BCUT2D eigenvalue weighted by Crippen LogP contribution is 2.18. The van der Waals surface area contributed by atoms with Crippen molar-refractivity contribution < 1.29 is 19.1 Å². The van der Waals surface area contributed by atoms with Gasteiger partial charge in [-0.15, -0.1) is 11.3 Å². The number of hydrogen-bond donors (Lipinski definition) is 2. The third-order valence-electron chi connectivity index (χ3n) is 3.18. The van der Waals surface area contributed by atoms with E-state index in [1.54, 1.807) is 42.6 Å². The second kappa shape index (κ2) is 9.33. The number of halogens is 1. The predicted octanol–water partition coefficient (Wildman–Crippen LogP) is 3.09. The Hall–Kier alpha value is -2.19. The van der Waals surface area contributed by atoms with Crippen molar-refractivity contribution in [2.75, 3.05) is 0 Å². The number of carbonyl (C=O) groups is 3. The highest BCUT2D eigenvalue weighted by molar-refractivity contribution is 9.10. The van der Waals surface area contributed by atoms with Gasteiger partial charge in [-0.2, -0.15) is 0 Å². The van der Waals surface area contributed by atoms with Crippen molar-refractivity contribution in [1.29, 1.82) is 0 Å². The number of rotatable bonds is 7. The van der Waals surface area contributed by atoms with Gasteiger partial charge in [0.05, 0.1) is 4.88 Å². The first-order valence-electron chi connectivity index (χ1n) is 7.53. The zero-order chi connectivity index (χ0) is 18.2. The Morgan fingerprint density at radius 1 is 1.16 bits per heavy atom. The van der Waals surface area contributed by atoms with E-state index in [4.69, 9.17) is 4.74 Å². The number of hydrazine groups is 1. The summed E-state index contributed by atoms with van der Waals surface area (Å²) in [4.78, 5) is 36.1. The SMILES string of the molecule is CC(Oc1cccc(Br)c1)C(=O)NNC(=O)CCC(=O)c1cccs1. The average molecular weight is 425 g/mol. The highest BCUT2D eigenvalue weighted by Gasteiger charge is 2.16. The Bertz CT molecular complexity index is 749. The fourth-order valence-corrected chi connectivity index (χ4v) is 2.95. The monoisotopic (exact) mass is 424 g/mol. The molecule has 0 spiro atoms. The van der Waals surface area contributed by atoms with E-state index in [2.05, 4.69) is 26.8 Å². The minimum Gasteiger partial charge on any atom is -0.481 e. The Labute approximate surface area is 157 Å². The van der Waals surface area contributed by atoms with Crippen LogP contribution in [0, 0.1) is 0 Å². The third-order valence-corrected chi connectivity index (χ3v) is 4.58. The summed E-state index contributed by atoms with van der Waals surface area (Å²) in [5.41, 5.74) is 4.58. The second-order valence-electron chi connectivity index (χ2n) is 5.16. The zero-order valence-corrected chi connectivity index (χ0v) is 15.9. The quantitative estimate of drug-likeness (QED) is 0.528. The van der Waals surface area contributed by atoms with Crippen molar-refractivity contribution >= 4 is 44.9 Å². The zero-order valence-electron chi connectivity index (χ0n) is 13.5. The number of nitrogens with one attached hydrogen (secondary N) is 2. The van der Waals surface area contributed by atoms with Gasteiger partial charge in [0.1, 0.15) is 5.75 Å². The first kappa shape index (κ1) is 19.1. The van der Waals surface area contributed by atoms with E-state index >= 15 is 0 Å². The maximum absolute atomic E-state index is 11.9. The molecule has 0 saturated carbocycles. The molecule has 2 aromatic rings. The molecule has 0 aliphatic carbocycles. The number of Topliss-reactive ketones (excluding diaryl/α,β-unsaturated/α-hetero) is 1. The largest absolute Gasteiger partial charge is 0.481 e. The Morgan fingerprint density at radius 3 is 2.64 bits per heavy atom. The van der Waals surface area contributed by atoms with Crippen LogP contribution in [-0.4, -0.2) is 23.7 Å². The Kier molecular flexibility index (Phi) is 7.15. The summed E-state index contributed by atoms with van der Waals surface area (Å²) in [6.07, 6.45) is -0.702. The van der Waals surface area contributed by atoms with Crippen LogP contribution < -0.4 is 15.6 Å². The van der Waals surface area contributed by atoms with E-state index in [1.165, 1.54) is 11.3 Å². The summed E-state index contributed by atoms with van der Waals surface area (Å²) >= 11 is 4.65. The molecule has 1 aromatic carbocycles. The van der Waals surface area contributed by atoms with Gasteiger partial charge in [-0.05, 0) is 36.6 Å². The van der Waals surface area contributed by atoms with Crippen LogP contribution in [0.3, 0.4) is 0 Å². The van der Waals surface area contributed by atoms with Gasteiger partial charge in [-0.1, -0.05) is 28.1 Å². The molecule has 0 saturated heterocycles. The molecule has 1 atom stereocenters. The first-order valence-corrected chi connectivity index (χ1v) is 9.20. The van der Waals surface area contributed by atoms with E-state index in [9.17, 15) is 14.4 Å². The number of thiophene rings is 1. The number of ketones is 1. The maximum Gasteiger partial charge on any atom is 0.279 e. The van der Waals surface area contributed by atoms with E-state index in [0.29, 0.717) is 10.6 Å². The summed E-state index contributed by atoms with van der Waals surface area (Å²) in [7, 11) is 0. The van der Waals surface area contributed by atoms with Crippen LogP contribution in [0.4, 0.5) is 0 Å². The second-order valence-corrected chi connectivity index (χ2v) is 7.02. The minimum atomic E-state index is -0.789. The molecule has 1 aromatic heterocycles. The number of benzene rings is 1. The van der Waals surface area contributed by atoms with Crippen LogP contribution in [0.15, 0.2) is 46.3 Å². The standard InChI is InChI=1S/C17H17BrN2O4S/c1-11(24-13-5-2-4-12(18)10-13)17(23)20-19-16(22)8-7-14(21)15-6-3-9-25-15/h2-6,9-11H,7-8H2,1H3,(H,19,22)(H,20,23). The van der Waals surface area contributed by atoms with Crippen molar-refractivity contribution in [1.82, 2.24) is 10.9 Å². The maximum atomic E-state index is 11.9. The molecule has 0 bridgehead atoms. The molecule has 1 heterocycles. The normalized spacial score (nSPS) is 11.4. The molecule has 2 N–H and O–H groups in total. The lowest BCUT2D eigenvalue weighted by molar-refractivity contribution is -0.132. The lowest BCUT2D eigenvalue weighted by Crippen LogP contribution is -2.47. The predicted molar refractivity (Wildman–Crippen MR) is 98.4 cm³/mol. The van der Waals surface area contributed by atoms with Gasteiger partial charge in [0.2, 0.25) is 5.91 Å². The Balaban J connectivity index is 1.71. The summed E-state index contributed by atoms with van der Waals surface area (Å²) in [6, 6.07) is 10.6. The van der Waals surface area contributed by atoms with Gasteiger partial charge >= 0.3 is 0 Å². The molecule has 0 aliphatic rings. The van der Waals surface area contributed by atoms with E-state index in [0.717, 1.165) is 4.47 Å². The molecular formula is C17H17BrN2O4S. The van der Waals surface area contributed by atoms with Crippen molar-refractivity contribution in [3.63, 3.8) is 0 Å². The molecule has 0 fully saturated rings. The van der Waals surface area contributed by atoms with Crippen molar-refractivity contribution in [3.05, 3.63) is 51.1 Å². The van der Waals surface area contributed by atoms with Crippen LogP contribution in [0.5, 0.6) is 5.75 Å². The van der Waals surface area contributed by atoms with Crippen LogP contribution in [0.1, 0.15) is 29.4 Å². The lowest BCUT2D eigenvalue weighted by atomic mass is 10.2. The highest BCUT2D eigenvalue weighted by atomic mass is 79.9. The smallest absolute Gasteiger partial charge is 0.279 e.